The lowest BCUT2D eigenvalue weighted by molar-refractivity contribution is -0.137. The van der Waals surface area contributed by atoms with Gasteiger partial charge in [-0.15, -0.1) is 0 Å². The summed E-state index contributed by atoms with van der Waals surface area (Å²) < 4.78 is 56.3. The van der Waals surface area contributed by atoms with Gasteiger partial charge in [0.1, 0.15) is 5.82 Å². The molecule has 0 radical (unpaired) electrons. The van der Waals surface area contributed by atoms with E-state index in [-0.39, 0.29) is 17.7 Å². The first-order valence-electron chi connectivity index (χ1n) is 6.47. The minimum absolute atomic E-state index is 0.186. The minimum Gasteiger partial charge on any atom is -0.377 e. The molecule has 1 aliphatic rings. The molecule has 0 unspecified atom stereocenters. The van der Waals surface area contributed by atoms with Crippen LogP contribution in [0.1, 0.15) is 30.4 Å². The SMILES string of the molecule is COC1(CNCc2cc(F)cc(C(F)(F)F)c2)CCC1. The molecule has 1 saturated carbocycles. The van der Waals surface area contributed by atoms with Crippen molar-refractivity contribution in [2.24, 2.45) is 0 Å². The molecular formula is C14H17F4NO. The monoisotopic (exact) mass is 291 g/mol. The van der Waals surface area contributed by atoms with Crippen LogP contribution >= 0.6 is 0 Å². The molecule has 0 aromatic heterocycles. The van der Waals surface area contributed by atoms with E-state index in [1.54, 1.807) is 7.11 Å². The number of nitrogens with one attached hydrogen (secondary N) is 1. The number of hydrogen-bond donors (Lipinski definition) is 1. The Balaban J connectivity index is 1.97. The maximum absolute atomic E-state index is 13.2. The molecule has 0 bridgehead atoms. The van der Waals surface area contributed by atoms with Crippen LogP contribution in [0.4, 0.5) is 17.6 Å². The van der Waals surface area contributed by atoms with Crippen LogP contribution in [0.15, 0.2) is 18.2 Å². The van der Waals surface area contributed by atoms with E-state index >= 15 is 0 Å². The molecule has 2 nitrogen and oxygen atoms in total. The van der Waals surface area contributed by atoms with Crippen molar-refractivity contribution in [3.63, 3.8) is 0 Å². The van der Waals surface area contributed by atoms with Crippen molar-refractivity contribution in [3.05, 3.63) is 35.1 Å². The predicted octanol–water partition coefficient (Wildman–Crippen LogP) is 3.50. The van der Waals surface area contributed by atoms with E-state index in [1.165, 1.54) is 0 Å². The Morgan fingerprint density at radius 1 is 1.25 bits per heavy atom. The van der Waals surface area contributed by atoms with Gasteiger partial charge in [-0.3, -0.25) is 0 Å². The Morgan fingerprint density at radius 2 is 1.95 bits per heavy atom. The summed E-state index contributed by atoms with van der Waals surface area (Å²) in [5, 5.41) is 3.04. The van der Waals surface area contributed by atoms with Crippen LogP contribution in [0.2, 0.25) is 0 Å². The van der Waals surface area contributed by atoms with Crippen molar-refractivity contribution in [1.29, 1.82) is 0 Å². The highest BCUT2D eigenvalue weighted by Gasteiger charge is 2.36. The molecule has 0 atom stereocenters. The van der Waals surface area contributed by atoms with E-state index in [9.17, 15) is 17.6 Å². The van der Waals surface area contributed by atoms with Crippen molar-refractivity contribution in [3.8, 4) is 0 Å². The molecule has 1 aromatic rings. The largest absolute Gasteiger partial charge is 0.416 e. The van der Waals surface area contributed by atoms with Gasteiger partial charge in [0.25, 0.3) is 0 Å². The second-order valence-electron chi connectivity index (χ2n) is 5.19. The van der Waals surface area contributed by atoms with Crippen molar-refractivity contribution < 1.29 is 22.3 Å². The molecule has 1 N–H and O–H groups in total. The van der Waals surface area contributed by atoms with E-state index in [2.05, 4.69) is 5.32 Å². The first-order valence-corrected chi connectivity index (χ1v) is 6.47. The molecule has 1 aromatic carbocycles. The van der Waals surface area contributed by atoms with Crippen molar-refractivity contribution >= 4 is 0 Å². The van der Waals surface area contributed by atoms with Crippen LogP contribution in [-0.4, -0.2) is 19.3 Å². The number of ether oxygens (including phenoxy) is 1. The smallest absolute Gasteiger partial charge is 0.377 e. The average Bonchev–Trinajstić information content (AvgIpc) is 2.31. The van der Waals surface area contributed by atoms with Gasteiger partial charge < -0.3 is 10.1 Å². The highest BCUT2D eigenvalue weighted by molar-refractivity contribution is 5.26. The molecule has 0 spiro atoms. The molecule has 112 valence electrons. The summed E-state index contributed by atoms with van der Waals surface area (Å²) in [6, 6.07) is 2.59. The summed E-state index contributed by atoms with van der Waals surface area (Å²) in [4.78, 5) is 0. The number of benzene rings is 1. The van der Waals surface area contributed by atoms with Crippen molar-refractivity contribution in [2.45, 2.75) is 37.6 Å². The number of alkyl halides is 3. The van der Waals surface area contributed by atoms with E-state index in [4.69, 9.17) is 4.74 Å². The zero-order valence-electron chi connectivity index (χ0n) is 11.2. The van der Waals surface area contributed by atoms with Gasteiger partial charge in [-0.2, -0.15) is 13.2 Å². The third-order valence-electron chi connectivity index (χ3n) is 3.76. The molecule has 0 saturated heterocycles. The Hall–Kier alpha value is -1.14. The maximum Gasteiger partial charge on any atom is 0.416 e. The van der Waals surface area contributed by atoms with Gasteiger partial charge in [0.2, 0.25) is 0 Å². The molecule has 2 rings (SSSR count). The Labute approximate surface area is 115 Å². The Morgan fingerprint density at radius 3 is 2.45 bits per heavy atom. The highest BCUT2D eigenvalue weighted by Crippen LogP contribution is 2.34. The fourth-order valence-electron chi connectivity index (χ4n) is 2.37. The fraction of sp³-hybridized carbons (Fsp3) is 0.571. The summed E-state index contributed by atoms with van der Waals surface area (Å²) in [6.45, 7) is 0.743. The van der Waals surface area contributed by atoms with Crippen LogP contribution in [0, 0.1) is 5.82 Å². The van der Waals surface area contributed by atoms with Gasteiger partial charge in [0.15, 0.2) is 0 Å². The first-order chi connectivity index (χ1) is 9.35. The molecule has 1 aliphatic carbocycles. The van der Waals surface area contributed by atoms with Gasteiger partial charge in [0, 0.05) is 20.2 Å². The summed E-state index contributed by atoms with van der Waals surface area (Å²) in [6.07, 6.45) is -1.56. The number of methoxy groups -OCH3 is 1. The summed E-state index contributed by atoms with van der Waals surface area (Å²) >= 11 is 0. The quantitative estimate of drug-likeness (QED) is 0.838. The molecule has 0 amide bonds. The average molecular weight is 291 g/mol. The van der Waals surface area contributed by atoms with E-state index < -0.39 is 17.6 Å². The van der Waals surface area contributed by atoms with Crippen LogP contribution < -0.4 is 5.32 Å². The van der Waals surface area contributed by atoms with E-state index in [0.717, 1.165) is 31.4 Å². The third kappa shape index (κ3) is 3.49. The van der Waals surface area contributed by atoms with Crippen LogP contribution in [0.5, 0.6) is 0 Å². The third-order valence-corrected chi connectivity index (χ3v) is 3.76. The van der Waals surface area contributed by atoms with Crippen molar-refractivity contribution in [1.82, 2.24) is 5.32 Å². The zero-order valence-corrected chi connectivity index (χ0v) is 11.2. The van der Waals surface area contributed by atoms with E-state index in [1.807, 2.05) is 0 Å². The molecule has 0 aliphatic heterocycles. The second-order valence-corrected chi connectivity index (χ2v) is 5.19. The minimum atomic E-state index is -4.53. The molecule has 6 heteroatoms. The Kier molecular flexibility index (Phi) is 4.34. The fourth-order valence-corrected chi connectivity index (χ4v) is 2.37. The molecule has 0 heterocycles. The first kappa shape index (κ1) is 15.3. The van der Waals surface area contributed by atoms with Crippen LogP contribution in [-0.2, 0) is 17.5 Å². The number of hydrogen-bond acceptors (Lipinski definition) is 2. The summed E-state index contributed by atoms with van der Waals surface area (Å²) in [5.74, 6) is -0.873. The molecule has 20 heavy (non-hydrogen) atoms. The Bertz CT molecular complexity index is 463. The number of rotatable bonds is 5. The standard InChI is InChI=1S/C14H17F4NO/c1-20-13(3-2-4-13)9-19-8-10-5-11(14(16,17)18)7-12(15)6-10/h5-7,19H,2-4,8-9H2,1H3. The van der Waals surface area contributed by atoms with E-state index in [0.29, 0.717) is 12.6 Å². The van der Waals surface area contributed by atoms with Gasteiger partial charge in [-0.1, -0.05) is 0 Å². The zero-order chi connectivity index (χ0) is 14.8. The van der Waals surface area contributed by atoms with Gasteiger partial charge >= 0.3 is 6.18 Å². The molecule has 1 fully saturated rings. The van der Waals surface area contributed by atoms with Crippen LogP contribution in [0.3, 0.4) is 0 Å². The van der Waals surface area contributed by atoms with Gasteiger partial charge in [-0.05, 0) is 43.0 Å². The van der Waals surface area contributed by atoms with Crippen LogP contribution in [0.25, 0.3) is 0 Å². The summed E-state index contributed by atoms with van der Waals surface area (Å²) in [7, 11) is 1.63. The van der Waals surface area contributed by atoms with Gasteiger partial charge in [-0.25, -0.2) is 4.39 Å². The van der Waals surface area contributed by atoms with Gasteiger partial charge in [0.05, 0.1) is 11.2 Å². The second kappa shape index (κ2) is 5.69. The lowest BCUT2D eigenvalue weighted by Crippen LogP contribution is -2.47. The number of halogens is 4. The predicted molar refractivity (Wildman–Crippen MR) is 66.7 cm³/mol. The highest BCUT2D eigenvalue weighted by atomic mass is 19.4. The summed E-state index contributed by atoms with van der Waals surface area (Å²) in [5.41, 5.74) is -0.887. The van der Waals surface area contributed by atoms with Crippen molar-refractivity contribution in [2.75, 3.05) is 13.7 Å². The normalized spacial score (nSPS) is 17.9. The topological polar surface area (TPSA) is 21.3 Å². The molecular weight excluding hydrogens is 274 g/mol. The lowest BCUT2D eigenvalue weighted by Gasteiger charge is -2.40. The lowest BCUT2D eigenvalue weighted by atomic mass is 9.80. The maximum atomic E-state index is 13.2.